The first-order chi connectivity index (χ1) is 18.7. The number of esters is 1. The summed E-state index contributed by atoms with van der Waals surface area (Å²) in [5.41, 5.74) is 1.95. The summed E-state index contributed by atoms with van der Waals surface area (Å²) >= 11 is 6.21. The fraction of sp³-hybridized carbons (Fsp3) is 0.143. The quantitative estimate of drug-likeness (QED) is 0.302. The highest BCUT2D eigenvalue weighted by molar-refractivity contribution is 6.53. The number of hydrogen-bond acceptors (Lipinski definition) is 8. The van der Waals surface area contributed by atoms with E-state index in [-0.39, 0.29) is 34.3 Å². The van der Waals surface area contributed by atoms with Crippen molar-refractivity contribution in [2.75, 3.05) is 36.9 Å². The SMILES string of the molecule is COC(=O)c1cccc(N2C(=O)C(Cl)=C(Nc3ccc(CC(=O)Nc4ccc(OC)cc4OC)cc3)C2=O)c1. The number of nitrogens with one attached hydrogen (secondary N) is 2. The van der Waals surface area contributed by atoms with Gasteiger partial charge in [-0.3, -0.25) is 14.4 Å². The lowest BCUT2D eigenvalue weighted by Gasteiger charge is -2.16. The number of carbonyl (C=O) groups is 4. The smallest absolute Gasteiger partial charge is 0.337 e. The lowest BCUT2D eigenvalue weighted by Crippen LogP contribution is -2.32. The van der Waals surface area contributed by atoms with Crippen molar-refractivity contribution in [2.24, 2.45) is 0 Å². The van der Waals surface area contributed by atoms with E-state index in [2.05, 4.69) is 10.6 Å². The molecule has 39 heavy (non-hydrogen) atoms. The van der Waals surface area contributed by atoms with Crippen LogP contribution in [0.3, 0.4) is 0 Å². The van der Waals surface area contributed by atoms with Crippen LogP contribution in [0.5, 0.6) is 11.5 Å². The van der Waals surface area contributed by atoms with E-state index in [1.807, 2.05) is 0 Å². The molecule has 1 heterocycles. The molecular formula is C28H24ClN3O7. The van der Waals surface area contributed by atoms with Gasteiger partial charge in [0.1, 0.15) is 22.2 Å². The van der Waals surface area contributed by atoms with Gasteiger partial charge in [-0.1, -0.05) is 29.8 Å². The number of nitrogens with zero attached hydrogens (tertiary/aromatic N) is 1. The molecule has 0 aliphatic carbocycles. The average Bonchev–Trinajstić information content (AvgIpc) is 3.16. The minimum atomic E-state index is -0.728. The summed E-state index contributed by atoms with van der Waals surface area (Å²) in [5.74, 6) is -1.20. The Hall–Kier alpha value is -4.83. The number of halogens is 1. The van der Waals surface area contributed by atoms with Crippen LogP contribution < -0.4 is 25.0 Å². The van der Waals surface area contributed by atoms with Crippen LogP contribution in [-0.4, -0.2) is 45.0 Å². The molecule has 0 bridgehead atoms. The first kappa shape index (κ1) is 27.2. The van der Waals surface area contributed by atoms with Gasteiger partial charge in [0.15, 0.2) is 0 Å². The number of methoxy groups -OCH3 is 3. The molecule has 10 nitrogen and oxygen atoms in total. The Kier molecular flexibility index (Phi) is 8.16. The number of benzene rings is 3. The zero-order valence-corrected chi connectivity index (χ0v) is 22.0. The van der Waals surface area contributed by atoms with Gasteiger partial charge in [-0.05, 0) is 48.0 Å². The molecule has 0 radical (unpaired) electrons. The summed E-state index contributed by atoms with van der Waals surface area (Å²) in [6.45, 7) is 0. The fourth-order valence-electron chi connectivity index (χ4n) is 3.87. The number of carbonyl (C=O) groups excluding carboxylic acids is 4. The number of hydrogen-bond donors (Lipinski definition) is 2. The largest absolute Gasteiger partial charge is 0.497 e. The molecule has 200 valence electrons. The van der Waals surface area contributed by atoms with Crippen molar-refractivity contribution in [1.29, 1.82) is 0 Å². The predicted molar refractivity (Wildman–Crippen MR) is 145 cm³/mol. The Morgan fingerprint density at radius 1 is 0.897 bits per heavy atom. The van der Waals surface area contributed by atoms with Crippen molar-refractivity contribution in [3.63, 3.8) is 0 Å². The molecule has 3 aromatic rings. The second-order valence-electron chi connectivity index (χ2n) is 8.29. The van der Waals surface area contributed by atoms with E-state index in [0.29, 0.717) is 28.4 Å². The number of amides is 3. The van der Waals surface area contributed by atoms with Crippen LogP contribution in [0.25, 0.3) is 0 Å². The summed E-state index contributed by atoms with van der Waals surface area (Å²) < 4.78 is 15.2. The monoisotopic (exact) mass is 549 g/mol. The van der Waals surface area contributed by atoms with Crippen molar-refractivity contribution >= 4 is 52.4 Å². The van der Waals surface area contributed by atoms with E-state index in [0.717, 1.165) is 4.90 Å². The zero-order chi connectivity index (χ0) is 28.1. The van der Waals surface area contributed by atoms with E-state index in [1.165, 1.54) is 45.6 Å². The minimum Gasteiger partial charge on any atom is -0.497 e. The van der Waals surface area contributed by atoms with E-state index >= 15 is 0 Å². The third-order valence-electron chi connectivity index (χ3n) is 5.82. The van der Waals surface area contributed by atoms with Gasteiger partial charge >= 0.3 is 5.97 Å². The van der Waals surface area contributed by atoms with Crippen molar-refractivity contribution < 1.29 is 33.4 Å². The molecule has 0 saturated heterocycles. The maximum absolute atomic E-state index is 13.1. The Bertz CT molecular complexity index is 1480. The van der Waals surface area contributed by atoms with Crippen molar-refractivity contribution in [3.05, 3.63) is 88.6 Å². The molecular weight excluding hydrogens is 526 g/mol. The van der Waals surface area contributed by atoms with E-state index in [9.17, 15) is 19.2 Å². The lowest BCUT2D eigenvalue weighted by atomic mass is 10.1. The highest BCUT2D eigenvalue weighted by Gasteiger charge is 2.39. The topological polar surface area (TPSA) is 123 Å². The summed E-state index contributed by atoms with van der Waals surface area (Å²) in [6.07, 6.45) is 0.0840. The molecule has 0 aromatic heterocycles. The van der Waals surface area contributed by atoms with Crippen molar-refractivity contribution in [3.8, 4) is 11.5 Å². The van der Waals surface area contributed by atoms with Gasteiger partial charge in [0.25, 0.3) is 11.8 Å². The van der Waals surface area contributed by atoms with Gasteiger partial charge in [0.05, 0.1) is 44.7 Å². The first-order valence-corrected chi connectivity index (χ1v) is 12.0. The number of anilines is 3. The van der Waals surface area contributed by atoms with Gasteiger partial charge in [0, 0.05) is 11.8 Å². The maximum atomic E-state index is 13.1. The molecule has 4 rings (SSSR count). The molecule has 2 N–H and O–H groups in total. The summed E-state index contributed by atoms with van der Waals surface area (Å²) in [6, 6.07) is 17.7. The molecule has 0 fully saturated rings. The standard InChI is InChI=1S/C28H24ClN3O7/c1-37-20-11-12-21(22(15-20)38-2)31-23(33)13-16-7-9-18(10-8-16)30-25-24(29)26(34)32(27(25)35)19-6-4-5-17(14-19)28(36)39-3/h4-12,14-15,30H,13H2,1-3H3,(H,31,33). The summed E-state index contributed by atoms with van der Waals surface area (Å²) in [4.78, 5) is 51.2. The molecule has 1 aliphatic rings. The van der Waals surface area contributed by atoms with E-state index in [1.54, 1.807) is 42.5 Å². The van der Waals surface area contributed by atoms with Gasteiger partial charge in [-0.2, -0.15) is 0 Å². The van der Waals surface area contributed by atoms with E-state index in [4.69, 9.17) is 25.8 Å². The highest BCUT2D eigenvalue weighted by Crippen LogP contribution is 2.31. The van der Waals surface area contributed by atoms with Gasteiger partial charge in [-0.25, -0.2) is 9.69 Å². The molecule has 0 unspecified atom stereocenters. The number of rotatable bonds is 9. The Morgan fingerprint density at radius 2 is 1.64 bits per heavy atom. The Balaban J connectivity index is 1.43. The lowest BCUT2D eigenvalue weighted by molar-refractivity contribution is -0.120. The Labute approximate surface area is 229 Å². The average molecular weight is 550 g/mol. The van der Waals surface area contributed by atoms with Crippen molar-refractivity contribution in [2.45, 2.75) is 6.42 Å². The van der Waals surface area contributed by atoms with Crippen LogP contribution in [0.1, 0.15) is 15.9 Å². The van der Waals surface area contributed by atoms with Crippen LogP contribution in [-0.2, 0) is 25.5 Å². The molecule has 0 spiro atoms. The van der Waals surface area contributed by atoms with Crippen LogP contribution >= 0.6 is 11.6 Å². The van der Waals surface area contributed by atoms with Crippen LogP contribution in [0.4, 0.5) is 17.1 Å². The molecule has 11 heteroatoms. The van der Waals surface area contributed by atoms with Crippen molar-refractivity contribution in [1.82, 2.24) is 0 Å². The maximum Gasteiger partial charge on any atom is 0.337 e. The first-order valence-electron chi connectivity index (χ1n) is 11.6. The zero-order valence-electron chi connectivity index (χ0n) is 21.2. The van der Waals surface area contributed by atoms with Crippen LogP contribution in [0.15, 0.2) is 77.5 Å². The van der Waals surface area contributed by atoms with Gasteiger partial charge in [-0.15, -0.1) is 0 Å². The number of imide groups is 1. The van der Waals surface area contributed by atoms with Crippen LogP contribution in [0.2, 0.25) is 0 Å². The predicted octanol–water partition coefficient (Wildman–Crippen LogP) is 4.11. The second-order valence-corrected chi connectivity index (χ2v) is 8.67. The third-order valence-corrected chi connectivity index (χ3v) is 6.17. The normalized spacial score (nSPS) is 12.9. The van der Waals surface area contributed by atoms with Crippen LogP contribution in [0, 0.1) is 0 Å². The minimum absolute atomic E-state index is 0.0840. The Morgan fingerprint density at radius 3 is 2.31 bits per heavy atom. The third kappa shape index (κ3) is 5.86. The molecule has 3 aromatic carbocycles. The molecule has 0 atom stereocenters. The molecule has 1 aliphatic heterocycles. The highest BCUT2D eigenvalue weighted by atomic mass is 35.5. The summed E-state index contributed by atoms with van der Waals surface area (Å²) in [5, 5.41) is 5.40. The fourth-order valence-corrected chi connectivity index (χ4v) is 4.08. The van der Waals surface area contributed by atoms with E-state index < -0.39 is 17.8 Å². The molecule has 0 saturated carbocycles. The summed E-state index contributed by atoms with van der Waals surface area (Å²) in [7, 11) is 4.27. The number of ether oxygens (including phenoxy) is 3. The second kappa shape index (κ2) is 11.7. The van der Waals surface area contributed by atoms with Gasteiger partial charge < -0.3 is 24.8 Å². The van der Waals surface area contributed by atoms with Gasteiger partial charge in [0.2, 0.25) is 5.91 Å². The molecule has 3 amide bonds.